The minimum Gasteiger partial charge on any atom is -0.479 e. The maximum atomic E-state index is 10.7. The predicted molar refractivity (Wildman–Crippen MR) is 68.9 cm³/mol. The Kier molecular flexibility index (Phi) is 5.30. The summed E-state index contributed by atoms with van der Waals surface area (Å²) in [6.45, 7) is 1.15. The van der Waals surface area contributed by atoms with E-state index >= 15 is 0 Å². The van der Waals surface area contributed by atoms with Gasteiger partial charge < -0.3 is 14.6 Å². The second-order valence-electron chi connectivity index (χ2n) is 4.70. The highest BCUT2D eigenvalue weighted by molar-refractivity contribution is 5.72. The van der Waals surface area contributed by atoms with E-state index in [1.807, 2.05) is 12.1 Å². The molecule has 2 heterocycles. The number of hydrogen-bond acceptors (Lipinski definition) is 4. The van der Waals surface area contributed by atoms with Gasteiger partial charge in [0.25, 0.3) is 0 Å². The molecule has 1 fully saturated rings. The lowest BCUT2D eigenvalue weighted by Crippen LogP contribution is -2.23. The summed E-state index contributed by atoms with van der Waals surface area (Å²) < 4.78 is 10.9. The van der Waals surface area contributed by atoms with Gasteiger partial charge in [-0.2, -0.15) is 0 Å². The van der Waals surface area contributed by atoms with E-state index in [1.165, 1.54) is 5.56 Å². The minimum absolute atomic E-state index is 0.0676. The van der Waals surface area contributed by atoms with Gasteiger partial charge in [0.15, 0.2) is 6.10 Å². The topological polar surface area (TPSA) is 68.7 Å². The molecule has 0 radical (unpaired) electrons. The number of aryl methyl sites for hydroxylation is 1. The van der Waals surface area contributed by atoms with Gasteiger partial charge in [-0.1, -0.05) is 0 Å². The molecule has 1 N–H and O–H groups in total. The molecule has 19 heavy (non-hydrogen) atoms. The molecular weight excluding hydrogens is 246 g/mol. The molecule has 0 bridgehead atoms. The quantitative estimate of drug-likeness (QED) is 0.759. The largest absolute Gasteiger partial charge is 0.479 e. The second-order valence-corrected chi connectivity index (χ2v) is 4.70. The van der Waals surface area contributed by atoms with Crippen LogP contribution < -0.4 is 0 Å². The number of rotatable bonds is 7. The van der Waals surface area contributed by atoms with E-state index in [0.717, 1.165) is 19.3 Å². The van der Waals surface area contributed by atoms with E-state index in [2.05, 4.69) is 4.98 Å². The normalized spacial score (nSPS) is 22.5. The van der Waals surface area contributed by atoms with Crippen molar-refractivity contribution < 1.29 is 19.4 Å². The van der Waals surface area contributed by atoms with Crippen LogP contribution in [0.5, 0.6) is 0 Å². The molecule has 2 unspecified atom stereocenters. The second kappa shape index (κ2) is 7.21. The lowest BCUT2D eigenvalue weighted by atomic mass is 10.1. The standard InChI is InChI=1S/C14H19NO4/c16-14(17)13-4-3-12(19-13)10-18-9-1-2-11-5-7-15-8-6-11/h5-8,12-13H,1-4,9-10H2,(H,16,17). The van der Waals surface area contributed by atoms with Gasteiger partial charge >= 0.3 is 5.97 Å². The zero-order chi connectivity index (χ0) is 13.5. The van der Waals surface area contributed by atoms with E-state index in [-0.39, 0.29) is 6.10 Å². The Balaban J connectivity index is 1.54. The van der Waals surface area contributed by atoms with E-state index < -0.39 is 12.1 Å². The van der Waals surface area contributed by atoms with Crippen molar-refractivity contribution >= 4 is 5.97 Å². The molecule has 5 nitrogen and oxygen atoms in total. The minimum atomic E-state index is -0.875. The lowest BCUT2D eigenvalue weighted by Gasteiger charge is -2.11. The molecular formula is C14H19NO4. The summed E-state index contributed by atoms with van der Waals surface area (Å²) in [6, 6.07) is 4.00. The van der Waals surface area contributed by atoms with Crippen LogP contribution in [-0.4, -0.2) is 41.5 Å². The first kappa shape index (κ1) is 14.0. The molecule has 2 atom stereocenters. The smallest absolute Gasteiger partial charge is 0.332 e. The first-order valence-corrected chi connectivity index (χ1v) is 6.60. The Labute approximate surface area is 112 Å². The van der Waals surface area contributed by atoms with Crippen LogP contribution in [0.4, 0.5) is 0 Å². The number of carboxylic acid groups (broad SMARTS) is 1. The van der Waals surface area contributed by atoms with Crippen LogP contribution in [0.15, 0.2) is 24.5 Å². The summed E-state index contributed by atoms with van der Waals surface area (Å²) in [4.78, 5) is 14.7. The molecule has 0 aromatic carbocycles. The molecule has 1 aromatic heterocycles. The van der Waals surface area contributed by atoms with Crippen molar-refractivity contribution in [2.75, 3.05) is 13.2 Å². The van der Waals surface area contributed by atoms with E-state index in [4.69, 9.17) is 14.6 Å². The number of aromatic nitrogens is 1. The molecule has 1 aromatic rings. The van der Waals surface area contributed by atoms with Crippen LogP contribution in [-0.2, 0) is 20.7 Å². The van der Waals surface area contributed by atoms with Gasteiger partial charge in [-0.15, -0.1) is 0 Å². The first-order chi connectivity index (χ1) is 9.25. The fourth-order valence-corrected chi connectivity index (χ4v) is 2.15. The van der Waals surface area contributed by atoms with Gasteiger partial charge in [0, 0.05) is 19.0 Å². The number of aliphatic carboxylic acids is 1. The van der Waals surface area contributed by atoms with Crippen molar-refractivity contribution in [2.24, 2.45) is 0 Å². The number of nitrogens with zero attached hydrogens (tertiary/aromatic N) is 1. The van der Waals surface area contributed by atoms with Gasteiger partial charge in [-0.3, -0.25) is 4.98 Å². The van der Waals surface area contributed by atoms with Gasteiger partial charge in [0.05, 0.1) is 12.7 Å². The fraction of sp³-hybridized carbons (Fsp3) is 0.571. The van der Waals surface area contributed by atoms with Crippen molar-refractivity contribution in [2.45, 2.75) is 37.9 Å². The van der Waals surface area contributed by atoms with Crippen molar-refractivity contribution in [3.8, 4) is 0 Å². The average molecular weight is 265 g/mol. The van der Waals surface area contributed by atoms with Crippen LogP contribution in [0.1, 0.15) is 24.8 Å². The van der Waals surface area contributed by atoms with E-state index in [9.17, 15) is 4.79 Å². The zero-order valence-corrected chi connectivity index (χ0v) is 10.8. The van der Waals surface area contributed by atoms with Crippen molar-refractivity contribution in [1.29, 1.82) is 0 Å². The van der Waals surface area contributed by atoms with Crippen LogP contribution >= 0.6 is 0 Å². The Morgan fingerprint density at radius 1 is 1.42 bits per heavy atom. The SMILES string of the molecule is O=C(O)C1CCC(COCCCc2ccncc2)O1. The van der Waals surface area contributed by atoms with Crippen LogP contribution in [0.2, 0.25) is 0 Å². The van der Waals surface area contributed by atoms with Gasteiger partial charge in [0.1, 0.15) is 0 Å². The molecule has 0 amide bonds. The van der Waals surface area contributed by atoms with Gasteiger partial charge in [-0.25, -0.2) is 4.79 Å². The Hall–Kier alpha value is -1.46. The molecule has 1 saturated heterocycles. The monoisotopic (exact) mass is 265 g/mol. The molecule has 0 saturated carbocycles. The Morgan fingerprint density at radius 3 is 2.89 bits per heavy atom. The van der Waals surface area contributed by atoms with E-state index in [1.54, 1.807) is 12.4 Å². The van der Waals surface area contributed by atoms with Crippen LogP contribution in [0, 0.1) is 0 Å². The van der Waals surface area contributed by atoms with Crippen molar-refractivity contribution in [3.63, 3.8) is 0 Å². The molecule has 1 aliphatic heterocycles. The highest BCUT2D eigenvalue weighted by Crippen LogP contribution is 2.20. The summed E-state index contributed by atoms with van der Waals surface area (Å²) >= 11 is 0. The number of ether oxygens (including phenoxy) is 2. The summed E-state index contributed by atoms with van der Waals surface area (Å²) in [6.07, 6.45) is 6.11. The third-order valence-electron chi connectivity index (χ3n) is 3.19. The molecule has 5 heteroatoms. The van der Waals surface area contributed by atoms with Crippen molar-refractivity contribution in [1.82, 2.24) is 4.98 Å². The Bertz CT molecular complexity index is 396. The molecule has 2 rings (SSSR count). The van der Waals surface area contributed by atoms with E-state index in [0.29, 0.717) is 19.6 Å². The average Bonchev–Trinajstić information content (AvgIpc) is 2.89. The third kappa shape index (κ3) is 4.61. The summed E-state index contributed by atoms with van der Waals surface area (Å²) in [5, 5.41) is 8.80. The summed E-state index contributed by atoms with van der Waals surface area (Å²) in [5.74, 6) is -0.875. The summed E-state index contributed by atoms with van der Waals surface area (Å²) in [7, 11) is 0. The zero-order valence-electron chi connectivity index (χ0n) is 10.8. The molecule has 104 valence electrons. The highest BCUT2D eigenvalue weighted by atomic mass is 16.6. The highest BCUT2D eigenvalue weighted by Gasteiger charge is 2.30. The number of carboxylic acids is 1. The van der Waals surface area contributed by atoms with Crippen LogP contribution in [0.3, 0.4) is 0 Å². The van der Waals surface area contributed by atoms with Gasteiger partial charge in [-0.05, 0) is 43.4 Å². The number of carbonyl (C=O) groups is 1. The molecule has 1 aliphatic rings. The third-order valence-corrected chi connectivity index (χ3v) is 3.19. The molecule has 0 spiro atoms. The number of hydrogen-bond donors (Lipinski definition) is 1. The number of pyridine rings is 1. The first-order valence-electron chi connectivity index (χ1n) is 6.60. The maximum absolute atomic E-state index is 10.7. The van der Waals surface area contributed by atoms with Crippen molar-refractivity contribution in [3.05, 3.63) is 30.1 Å². The summed E-state index contributed by atoms with van der Waals surface area (Å²) in [5.41, 5.74) is 1.25. The van der Waals surface area contributed by atoms with Gasteiger partial charge in [0.2, 0.25) is 0 Å². The lowest BCUT2D eigenvalue weighted by molar-refractivity contribution is -0.150. The Morgan fingerprint density at radius 2 is 2.21 bits per heavy atom. The van der Waals surface area contributed by atoms with Crippen LogP contribution in [0.25, 0.3) is 0 Å². The molecule has 0 aliphatic carbocycles. The fourth-order valence-electron chi connectivity index (χ4n) is 2.15. The predicted octanol–water partition coefficient (Wildman–Crippen LogP) is 1.66. The maximum Gasteiger partial charge on any atom is 0.332 e.